The molecule has 0 radical (unpaired) electrons. The summed E-state index contributed by atoms with van der Waals surface area (Å²) in [6.07, 6.45) is 0. The fraction of sp³-hybridized carbons (Fsp3) is 0.0227. The summed E-state index contributed by atoms with van der Waals surface area (Å²) in [5.41, 5.74) is 10.3. The molecule has 1 aliphatic rings. The van der Waals surface area contributed by atoms with Crippen LogP contribution in [0.5, 0.6) is 0 Å². The SMILES string of the molecule is C[Si+]1c2ccccc2-c2cccc(-c3nc(-c4ccccc4-c4ccccc4)nc(-c4ccc(-c5ccccc5)c5ccccc45)n3)c21. The largest absolute Gasteiger partial charge is 0.389 e. The van der Waals surface area contributed by atoms with Crippen LogP contribution in [-0.4, -0.2) is 23.7 Å². The quantitative estimate of drug-likeness (QED) is 0.178. The van der Waals surface area contributed by atoms with Crippen molar-refractivity contribution < 1.29 is 0 Å². The van der Waals surface area contributed by atoms with Crippen LogP contribution in [0.4, 0.5) is 0 Å². The van der Waals surface area contributed by atoms with E-state index in [9.17, 15) is 0 Å². The van der Waals surface area contributed by atoms with Crippen molar-refractivity contribution in [1.29, 1.82) is 0 Å². The number of hydrogen-bond donors (Lipinski definition) is 0. The predicted molar refractivity (Wildman–Crippen MR) is 201 cm³/mol. The van der Waals surface area contributed by atoms with Gasteiger partial charge < -0.3 is 0 Å². The number of rotatable bonds is 5. The van der Waals surface area contributed by atoms with E-state index >= 15 is 0 Å². The molecule has 3 nitrogen and oxygen atoms in total. The standard InChI is InChI=1S/C44H30N3Si/c1-48-40-26-13-12-22-35(40)36-24-14-25-39(41(36)48)44-46-42(37-23-11-8-19-31(37)29-15-4-2-5-16-29)45-43(47-44)38-28-27-32(30-17-6-3-7-18-30)33-20-9-10-21-34(33)38/h2-28H,1H3/q+1. The average Bonchev–Trinajstić information content (AvgIpc) is 3.46. The highest BCUT2D eigenvalue weighted by atomic mass is 28.3. The van der Waals surface area contributed by atoms with Crippen LogP contribution in [0, 0.1) is 0 Å². The molecule has 0 unspecified atom stereocenters. The van der Waals surface area contributed by atoms with Crippen molar-refractivity contribution in [2.24, 2.45) is 0 Å². The molecule has 0 amide bonds. The first kappa shape index (κ1) is 28.3. The molecule has 48 heavy (non-hydrogen) atoms. The second-order valence-electron chi connectivity index (χ2n) is 12.2. The molecule has 0 fully saturated rings. The number of fused-ring (bicyclic) bond motifs is 4. The summed E-state index contributed by atoms with van der Waals surface area (Å²) in [6.45, 7) is 2.39. The zero-order valence-electron chi connectivity index (χ0n) is 26.4. The maximum Gasteiger partial charge on any atom is 0.389 e. The summed E-state index contributed by atoms with van der Waals surface area (Å²) < 4.78 is 0. The Morgan fingerprint density at radius 2 is 0.792 bits per heavy atom. The molecule has 1 aromatic heterocycles. The minimum absolute atomic E-state index is 0.670. The number of benzene rings is 7. The average molecular weight is 629 g/mol. The monoisotopic (exact) mass is 628 g/mol. The highest BCUT2D eigenvalue weighted by Gasteiger charge is 2.42. The summed E-state index contributed by atoms with van der Waals surface area (Å²) in [5, 5.41) is 5.09. The lowest BCUT2D eigenvalue weighted by molar-refractivity contribution is 1.08. The highest BCUT2D eigenvalue weighted by molar-refractivity contribution is 6.89. The summed E-state index contributed by atoms with van der Waals surface area (Å²) in [6, 6.07) is 57.9. The van der Waals surface area contributed by atoms with Crippen molar-refractivity contribution in [1.82, 2.24) is 15.0 Å². The number of nitrogens with zero attached hydrogens (tertiary/aromatic N) is 3. The molecular weight excluding hydrogens is 599 g/mol. The molecule has 0 spiro atoms. The minimum atomic E-state index is -1.02. The maximum atomic E-state index is 5.32. The van der Waals surface area contributed by atoms with Crippen LogP contribution in [0.15, 0.2) is 164 Å². The molecule has 0 atom stereocenters. The van der Waals surface area contributed by atoms with Crippen LogP contribution in [0.25, 0.3) is 78.3 Å². The van der Waals surface area contributed by atoms with E-state index in [-0.39, 0.29) is 0 Å². The molecule has 9 rings (SSSR count). The lowest BCUT2D eigenvalue weighted by atomic mass is 9.94. The second kappa shape index (κ2) is 11.7. The van der Waals surface area contributed by atoms with Crippen LogP contribution in [-0.2, 0) is 0 Å². The maximum absolute atomic E-state index is 5.32. The fourth-order valence-corrected chi connectivity index (χ4v) is 9.65. The molecule has 0 saturated carbocycles. The van der Waals surface area contributed by atoms with Crippen LogP contribution in [0.2, 0.25) is 6.55 Å². The van der Waals surface area contributed by atoms with E-state index in [1.54, 1.807) is 0 Å². The van der Waals surface area contributed by atoms with Gasteiger partial charge >= 0.3 is 8.80 Å². The van der Waals surface area contributed by atoms with E-state index in [0.29, 0.717) is 17.5 Å². The molecular formula is C44H30N3Si+. The van der Waals surface area contributed by atoms with Crippen molar-refractivity contribution >= 4 is 29.9 Å². The van der Waals surface area contributed by atoms with Crippen LogP contribution >= 0.6 is 0 Å². The van der Waals surface area contributed by atoms with Gasteiger partial charge in [-0.05, 0) is 51.2 Å². The predicted octanol–water partition coefficient (Wildman–Crippen LogP) is 9.58. The molecule has 8 aromatic rings. The van der Waals surface area contributed by atoms with Crippen molar-refractivity contribution in [3.63, 3.8) is 0 Å². The number of hydrogen-bond acceptors (Lipinski definition) is 3. The Kier molecular flexibility index (Phi) is 6.88. The normalized spacial score (nSPS) is 11.8. The zero-order chi connectivity index (χ0) is 32.0. The summed E-state index contributed by atoms with van der Waals surface area (Å²) in [5.74, 6) is 2.05. The summed E-state index contributed by atoms with van der Waals surface area (Å²) >= 11 is 0. The van der Waals surface area contributed by atoms with Gasteiger partial charge in [-0.2, -0.15) is 0 Å². The molecule has 1 aliphatic heterocycles. The van der Waals surface area contributed by atoms with Crippen molar-refractivity contribution in [2.45, 2.75) is 6.55 Å². The lowest BCUT2D eigenvalue weighted by Gasteiger charge is -2.15. The van der Waals surface area contributed by atoms with Crippen molar-refractivity contribution in [2.75, 3.05) is 0 Å². The van der Waals surface area contributed by atoms with Gasteiger partial charge in [0.15, 0.2) is 17.5 Å². The van der Waals surface area contributed by atoms with Gasteiger partial charge in [-0.1, -0.05) is 146 Å². The Morgan fingerprint density at radius 1 is 0.333 bits per heavy atom. The van der Waals surface area contributed by atoms with Gasteiger partial charge in [-0.25, -0.2) is 15.0 Å². The van der Waals surface area contributed by atoms with E-state index < -0.39 is 8.80 Å². The van der Waals surface area contributed by atoms with E-state index in [4.69, 9.17) is 15.0 Å². The summed E-state index contributed by atoms with van der Waals surface area (Å²) in [7, 11) is -1.02. The summed E-state index contributed by atoms with van der Waals surface area (Å²) in [4.78, 5) is 15.9. The molecule has 0 bridgehead atoms. The van der Waals surface area contributed by atoms with Gasteiger partial charge in [0.1, 0.15) is 10.4 Å². The van der Waals surface area contributed by atoms with Crippen molar-refractivity contribution in [3.05, 3.63) is 164 Å². The lowest BCUT2D eigenvalue weighted by Crippen LogP contribution is -2.35. The molecule has 0 N–H and O–H groups in total. The van der Waals surface area contributed by atoms with E-state index in [2.05, 4.69) is 164 Å². The third-order valence-electron chi connectivity index (χ3n) is 9.44. The van der Waals surface area contributed by atoms with Gasteiger partial charge in [0.2, 0.25) is 0 Å². The Labute approximate surface area is 281 Å². The van der Waals surface area contributed by atoms with Gasteiger partial charge in [-0.15, -0.1) is 0 Å². The Morgan fingerprint density at radius 3 is 1.50 bits per heavy atom. The third kappa shape index (κ3) is 4.69. The minimum Gasteiger partial charge on any atom is -0.208 e. The molecule has 224 valence electrons. The van der Waals surface area contributed by atoms with E-state index in [0.717, 1.165) is 33.2 Å². The smallest absolute Gasteiger partial charge is 0.208 e. The molecule has 4 heteroatoms. The Hall–Kier alpha value is -5.97. The first-order chi connectivity index (χ1) is 23.7. The Bertz CT molecular complexity index is 2470. The highest BCUT2D eigenvalue weighted by Crippen LogP contribution is 2.37. The van der Waals surface area contributed by atoms with Gasteiger partial charge in [0, 0.05) is 22.3 Å². The third-order valence-corrected chi connectivity index (χ3v) is 12.0. The van der Waals surface area contributed by atoms with Crippen LogP contribution < -0.4 is 10.4 Å². The van der Waals surface area contributed by atoms with Gasteiger partial charge in [-0.3, -0.25) is 0 Å². The topological polar surface area (TPSA) is 38.7 Å². The van der Waals surface area contributed by atoms with Crippen molar-refractivity contribution in [3.8, 4) is 67.5 Å². The molecule has 2 heterocycles. The van der Waals surface area contributed by atoms with Crippen LogP contribution in [0.1, 0.15) is 0 Å². The van der Waals surface area contributed by atoms with Crippen LogP contribution in [0.3, 0.4) is 0 Å². The van der Waals surface area contributed by atoms with Gasteiger partial charge in [0.05, 0.1) is 12.1 Å². The van der Waals surface area contributed by atoms with Gasteiger partial charge in [0.25, 0.3) is 0 Å². The zero-order valence-corrected chi connectivity index (χ0v) is 27.4. The molecule has 7 aromatic carbocycles. The van der Waals surface area contributed by atoms with E-state index in [1.165, 1.54) is 38.0 Å². The Balaban J connectivity index is 1.31. The first-order valence-corrected chi connectivity index (χ1v) is 18.3. The molecule has 0 saturated heterocycles. The van der Waals surface area contributed by atoms with E-state index in [1.807, 2.05) is 6.07 Å². The fourth-order valence-electron chi connectivity index (χ4n) is 7.20. The number of aromatic nitrogens is 3. The first-order valence-electron chi connectivity index (χ1n) is 16.3. The second-order valence-corrected chi connectivity index (χ2v) is 14.5. The molecule has 0 aliphatic carbocycles.